The molecule has 14 heavy (non-hydrogen) atoms. The van der Waals surface area contributed by atoms with Crippen molar-refractivity contribution in [3.05, 3.63) is 11.5 Å². The number of rotatable bonds is 5. The van der Waals surface area contributed by atoms with E-state index in [-0.39, 0.29) is 0 Å². The second-order valence-electron chi connectivity index (χ2n) is 3.73. The summed E-state index contributed by atoms with van der Waals surface area (Å²) in [5.74, 6) is 1.94. The van der Waals surface area contributed by atoms with Gasteiger partial charge in [0.2, 0.25) is 0 Å². The molecule has 3 nitrogen and oxygen atoms in total. The molecule has 0 spiro atoms. The zero-order valence-corrected chi connectivity index (χ0v) is 9.51. The quantitative estimate of drug-likeness (QED) is 0.733. The Labute approximate surface area is 86.3 Å². The zero-order chi connectivity index (χ0) is 10.6. The van der Waals surface area contributed by atoms with Crippen molar-refractivity contribution in [2.24, 2.45) is 7.05 Å². The van der Waals surface area contributed by atoms with Crippen LogP contribution in [0.2, 0.25) is 0 Å². The fraction of sp³-hybridized carbons (Fsp3) is 0.727. The molecule has 2 N–H and O–H groups in total. The van der Waals surface area contributed by atoms with Crippen molar-refractivity contribution in [2.45, 2.75) is 46.0 Å². The van der Waals surface area contributed by atoms with Gasteiger partial charge in [0.05, 0.1) is 5.69 Å². The molecule has 0 amide bonds. The van der Waals surface area contributed by atoms with E-state index >= 15 is 0 Å². The Morgan fingerprint density at radius 2 is 2.00 bits per heavy atom. The Balaban J connectivity index is 2.67. The molecule has 80 valence electrons. The maximum Gasteiger partial charge on any atom is 0.126 e. The average Bonchev–Trinajstić information content (AvgIpc) is 2.46. The van der Waals surface area contributed by atoms with E-state index < -0.39 is 0 Å². The minimum absolute atomic E-state index is 0.845. The second-order valence-corrected chi connectivity index (χ2v) is 3.73. The molecule has 1 rings (SSSR count). The molecule has 0 radical (unpaired) electrons. The molecule has 0 aromatic carbocycles. The van der Waals surface area contributed by atoms with Crippen LogP contribution in [0.25, 0.3) is 0 Å². The van der Waals surface area contributed by atoms with E-state index in [2.05, 4.69) is 18.8 Å². The van der Waals surface area contributed by atoms with E-state index in [4.69, 9.17) is 5.73 Å². The molecule has 0 bridgehead atoms. The first-order valence-corrected chi connectivity index (χ1v) is 5.50. The fourth-order valence-corrected chi connectivity index (χ4v) is 1.66. The summed E-state index contributed by atoms with van der Waals surface area (Å²) in [6.45, 7) is 4.32. The molecule has 0 aliphatic carbocycles. The summed E-state index contributed by atoms with van der Waals surface area (Å²) in [6.07, 6.45) is 5.67. The standard InChI is InChI=1S/C11H21N3/c1-4-6-7-8-9-11(12)14(3)10(5-2)13-9/h4-8,12H2,1-3H3. The summed E-state index contributed by atoms with van der Waals surface area (Å²) >= 11 is 0. The summed E-state index contributed by atoms with van der Waals surface area (Å²) in [6, 6.07) is 0. The lowest BCUT2D eigenvalue weighted by atomic mass is 10.1. The highest BCUT2D eigenvalue weighted by molar-refractivity contribution is 5.38. The predicted molar refractivity (Wildman–Crippen MR) is 60.2 cm³/mol. The first kappa shape index (κ1) is 11.1. The number of aromatic nitrogens is 2. The monoisotopic (exact) mass is 195 g/mol. The zero-order valence-electron chi connectivity index (χ0n) is 9.51. The van der Waals surface area contributed by atoms with Crippen molar-refractivity contribution in [2.75, 3.05) is 5.73 Å². The van der Waals surface area contributed by atoms with Crippen LogP contribution >= 0.6 is 0 Å². The number of unbranched alkanes of at least 4 members (excludes halogenated alkanes) is 2. The normalized spacial score (nSPS) is 10.8. The van der Waals surface area contributed by atoms with Crippen LogP contribution in [0, 0.1) is 0 Å². The van der Waals surface area contributed by atoms with E-state index in [0.29, 0.717) is 0 Å². The molecule has 3 heteroatoms. The van der Waals surface area contributed by atoms with Gasteiger partial charge in [-0.05, 0) is 12.8 Å². The van der Waals surface area contributed by atoms with Gasteiger partial charge >= 0.3 is 0 Å². The van der Waals surface area contributed by atoms with Gasteiger partial charge in [-0.1, -0.05) is 26.7 Å². The lowest BCUT2D eigenvalue weighted by Crippen LogP contribution is -2.01. The molecule has 0 saturated carbocycles. The third kappa shape index (κ3) is 2.28. The maximum atomic E-state index is 5.96. The average molecular weight is 195 g/mol. The summed E-state index contributed by atoms with van der Waals surface area (Å²) < 4.78 is 2.00. The Hall–Kier alpha value is -0.990. The first-order valence-electron chi connectivity index (χ1n) is 5.50. The molecule has 0 fully saturated rings. The SMILES string of the molecule is CCCCCc1nc(CC)n(C)c1N. The highest BCUT2D eigenvalue weighted by Crippen LogP contribution is 2.15. The van der Waals surface area contributed by atoms with Crippen molar-refractivity contribution in [1.82, 2.24) is 9.55 Å². The molecule has 0 aliphatic rings. The maximum absolute atomic E-state index is 5.96. The smallest absolute Gasteiger partial charge is 0.126 e. The Kier molecular flexibility index (Phi) is 3.98. The van der Waals surface area contributed by atoms with Crippen LogP contribution in [-0.4, -0.2) is 9.55 Å². The van der Waals surface area contributed by atoms with Crippen LogP contribution in [0.4, 0.5) is 5.82 Å². The number of imidazole rings is 1. The molecular formula is C11H21N3. The summed E-state index contributed by atoms with van der Waals surface area (Å²) in [5.41, 5.74) is 7.04. The van der Waals surface area contributed by atoms with E-state index in [1.165, 1.54) is 19.3 Å². The number of anilines is 1. The van der Waals surface area contributed by atoms with E-state index in [0.717, 1.165) is 30.2 Å². The number of hydrogen-bond donors (Lipinski definition) is 1. The molecule has 1 aromatic rings. The third-order valence-electron chi connectivity index (χ3n) is 2.64. The van der Waals surface area contributed by atoms with Gasteiger partial charge in [-0.3, -0.25) is 0 Å². The molecule has 0 saturated heterocycles. The lowest BCUT2D eigenvalue weighted by molar-refractivity contribution is 0.709. The first-order chi connectivity index (χ1) is 6.70. The second kappa shape index (κ2) is 5.03. The van der Waals surface area contributed by atoms with Crippen LogP contribution in [0.1, 0.15) is 44.6 Å². The number of aryl methyl sites for hydroxylation is 2. The summed E-state index contributed by atoms with van der Waals surface area (Å²) in [4.78, 5) is 4.54. The van der Waals surface area contributed by atoms with Gasteiger partial charge in [-0.25, -0.2) is 4.98 Å². The van der Waals surface area contributed by atoms with E-state index in [9.17, 15) is 0 Å². The topological polar surface area (TPSA) is 43.8 Å². The lowest BCUT2D eigenvalue weighted by Gasteiger charge is -1.99. The minimum Gasteiger partial charge on any atom is -0.384 e. The van der Waals surface area contributed by atoms with Crippen molar-refractivity contribution in [3.8, 4) is 0 Å². The van der Waals surface area contributed by atoms with Crippen molar-refractivity contribution < 1.29 is 0 Å². The van der Waals surface area contributed by atoms with Gasteiger partial charge in [0.25, 0.3) is 0 Å². The molecule has 0 aliphatic heterocycles. The van der Waals surface area contributed by atoms with Crippen LogP contribution in [0.5, 0.6) is 0 Å². The van der Waals surface area contributed by atoms with Gasteiger partial charge in [0, 0.05) is 13.5 Å². The number of hydrogen-bond acceptors (Lipinski definition) is 2. The van der Waals surface area contributed by atoms with Crippen LogP contribution in [0.3, 0.4) is 0 Å². The van der Waals surface area contributed by atoms with Crippen molar-refractivity contribution >= 4 is 5.82 Å². The summed E-state index contributed by atoms with van der Waals surface area (Å²) in [5, 5.41) is 0. The van der Waals surface area contributed by atoms with Gasteiger partial charge < -0.3 is 10.3 Å². The summed E-state index contributed by atoms with van der Waals surface area (Å²) in [7, 11) is 1.99. The van der Waals surface area contributed by atoms with Crippen molar-refractivity contribution in [3.63, 3.8) is 0 Å². The number of nitrogens with two attached hydrogens (primary N) is 1. The molecule has 1 aromatic heterocycles. The van der Waals surface area contributed by atoms with Gasteiger partial charge in [0.1, 0.15) is 11.6 Å². The highest BCUT2D eigenvalue weighted by Gasteiger charge is 2.09. The Morgan fingerprint density at radius 3 is 2.50 bits per heavy atom. The van der Waals surface area contributed by atoms with E-state index in [1.807, 2.05) is 11.6 Å². The van der Waals surface area contributed by atoms with Crippen molar-refractivity contribution in [1.29, 1.82) is 0 Å². The molecule has 0 atom stereocenters. The predicted octanol–water partition coefficient (Wildman–Crippen LogP) is 2.30. The molecular weight excluding hydrogens is 174 g/mol. The largest absolute Gasteiger partial charge is 0.384 e. The van der Waals surface area contributed by atoms with Gasteiger partial charge in [-0.2, -0.15) is 0 Å². The molecule has 0 unspecified atom stereocenters. The Bertz CT molecular complexity index is 289. The third-order valence-corrected chi connectivity index (χ3v) is 2.64. The van der Waals surface area contributed by atoms with Gasteiger partial charge in [0.15, 0.2) is 0 Å². The number of nitrogens with zero attached hydrogens (tertiary/aromatic N) is 2. The number of nitrogen functional groups attached to an aromatic ring is 1. The van der Waals surface area contributed by atoms with Crippen LogP contribution in [0.15, 0.2) is 0 Å². The Morgan fingerprint density at radius 1 is 1.29 bits per heavy atom. The minimum atomic E-state index is 0.845. The van der Waals surface area contributed by atoms with Gasteiger partial charge in [-0.15, -0.1) is 0 Å². The molecule has 1 heterocycles. The fourth-order valence-electron chi connectivity index (χ4n) is 1.66. The van der Waals surface area contributed by atoms with Crippen LogP contribution in [-0.2, 0) is 19.9 Å². The van der Waals surface area contributed by atoms with E-state index in [1.54, 1.807) is 0 Å². The highest BCUT2D eigenvalue weighted by atomic mass is 15.1. The van der Waals surface area contributed by atoms with Crippen LogP contribution < -0.4 is 5.73 Å².